The third-order valence-electron chi connectivity index (χ3n) is 13.3. The maximum Gasteiger partial charge on any atom is 0.306 e. The van der Waals surface area contributed by atoms with E-state index < -0.39 is 24.3 Å². The van der Waals surface area contributed by atoms with Crippen LogP contribution in [0.3, 0.4) is 0 Å². The van der Waals surface area contributed by atoms with Crippen molar-refractivity contribution >= 4 is 17.9 Å². The van der Waals surface area contributed by atoms with Crippen LogP contribution < -0.4 is 5.11 Å². The summed E-state index contributed by atoms with van der Waals surface area (Å²) in [5.41, 5.74) is 0. The van der Waals surface area contributed by atoms with Gasteiger partial charge in [0.15, 0.2) is 12.4 Å². The molecule has 0 rings (SSSR count). The quantitative estimate of drug-likeness (QED) is 0.0195. The van der Waals surface area contributed by atoms with E-state index in [0.717, 1.165) is 89.9 Å². The molecule has 0 fully saturated rings. The average molecular weight is 1080 g/mol. The molecule has 0 radical (unpaired) electrons. The number of ether oxygens (including phenoxy) is 4. The number of carboxylic acids is 1. The Bertz CT molecular complexity index is 1580. The van der Waals surface area contributed by atoms with Gasteiger partial charge in [0.1, 0.15) is 13.2 Å². The van der Waals surface area contributed by atoms with Gasteiger partial charge in [-0.3, -0.25) is 9.59 Å². The lowest BCUT2D eigenvalue weighted by Gasteiger charge is -2.26. The number of quaternary nitrogens is 1. The van der Waals surface area contributed by atoms with Crippen LogP contribution in [-0.4, -0.2) is 82.3 Å². The normalized spacial score (nSPS) is 13.4. The average Bonchev–Trinajstić information content (AvgIpc) is 3.40. The molecule has 0 saturated carbocycles. The summed E-state index contributed by atoms with van der Waals surface area (Å²) in [5.74, 6) is -2.29. The smallest absolute Gasteiger partial charge is 0.306 e. The first kappa shape index (κ1) is 73.2. The van der Waals surface area contributed by atoms with Crippen molar-refractivity contribution in [2.24, 2.45) is 0 Å². The highest BCUT2D eigenvalue weighted by atomic mass is 16.7. The van der Waals surface area contributed by atoms with Gasteiger partial charge >= 0.3 is 11.9 Å². The van der Waals surface area contributed by atoms with Gasteiger partial charge < -0.3 is 33.3 Å². The zero-order valence-corrected chi connectivity index (χ0v) is 50.3. The van der Waals surface area contributed by atoms with Gasteiger partial charge in [0.2, 0.25) is 0 Å². The summed E-state index contributed by atoms with van der Waals surface area (Å²) in [6.45, 7) is 4.62. The number of aliphatic carboxylic acids is 1. The van der Waals surface area contributed by atoms with Crippen molar-refractivity contribution in [3.05, 3.63) is 97.2 Å². The lowest BCUT2D eigenvalue weighted by atomic mass is 10.0. The van der Waals surface area contributed by atoms with Gasteiger partial charge in [-0.2, -0.15) is 0 Å². The third kappa shape index (κ3) is 59.7. The van der Waals surface area contributed by atoms with Gasteiger partial charge in [-0.25, -0.2) is 0 Å². The largest absolute Gasteiger partial charge is 0.545 e. The SMILES string of the molecule is CC/C=C\C/C=C\C/C=C\C/C=C\C/C=C\CCCCCCCCCCCC(=O)OC(COC(=O)CCCCCCCCCCCCCC/C=C\C/C=C\C/C=C\CCCCCCC)COC(OCC[N+](C)(C)C)C(=O)[O-]. The van der Waals surface area contributed by atoms with Gasteiger partial charge in [-0.1, -0.05) is 246 Å². The number of nitrogens with zero attached hydrogens (tertiary/aromatic N) is 1. The summed E-state index contributed by atoms with van der Waals surface area (Å²) in [6.07, 6.45) is 76.0. The van der Waals surface area contributed by atoms with E-state index in [2.05, 4.69) is 111 Å². The van der Waals surface area contributed by atoms with E-state index in [1.165, 1.54) is 135 Å². The number of allylic oxidation sites excluding steroid dienone is 16. The molecule has 9 heteroatoms. The number of unbranched alkanes of at least 4 members (excludes halogenated alkanes) is 26. The number of esters is 2. The minimum atomic E-state index is -1.63. The van der Waals surface area contributed by atoms with E-state index in [-0.39, 0.29) is 38.6 Å². The van der Waals surface area contributed by atoms with Crippen molar-refractivity contribution in [1.82, 2.24) is 0 Å². The zero-order chi connectivity index (χ0) is 56.2. The highest BCUT2D eigenvalue weighted by Gasteiger charge is 2.22. The second-order valence-corrected chi connectivity index (χ2v) is 22.0. The molecule has 0 bridgehead atoms. The Balaban J connectivity index is 4.23. The summed E-state index contributed by atoms with van der Waals surface area (Å²) in [4.78, 5) is 37.4. The lowest BCUT2D eigenvalue weighted by Crippen LogP contribution is -2.44. The Morgan fingerprint density at radius 3 is 1.10 bits per heavy atom. The molecule has 2 atom stereocenters. The van der Waals surface area contributed by atoms with Crippen LogP contribution in [0.15, 0.2) is 97.2 Å². The van der Waals surface area contributed by atoms with Crippen LogP contribution in [0.1, 0.15) is 258 Å². The summed E-state index contributed by atoms with van der Waals surface area (Å²) >= 11 is 0. The van der Waals surface area contributed by atoms with E-state index >= 15 is 0 Å². The Morgan fingerprint density at radius 2 is 0.740 bits per heavy atom. The van der Waals surface area contributed by atoms with E-state index in [9.17, 15) is 19.5 Å². The molecule has 0 aromatic rings. The van der Waals surface area contributed by atoms with Crippen LogP contribution >= 0.6 is 0 Å². The minimum absolute atomic E-state index is 0.142. The molecule has 0 amide bonds. The summed E-state index contributed by atoms with van der Waals surface area (Å²) < 4.78 is 22.7. The van der Waals surface area contributed by atoms with E-state index in [0.29, 0.717) is 17.4 Å². The number of carboxylic acid groups (broad SMARTS) is 1. The molecule has 9 nitrogen and oxygen atoms in total. The fourth-order valence-corrected chi connectivity index (χ4v) is 8.51. The fourth-order valence-electron chi connectivity index (χ4n) is 8.51. The van der Waals surface area contributed by atoms with Crippen LogP contribution in [0.5, 0.6) is 0 Å². The Kier molecular flexibility index (Phi) is 55.5. The first-order chi connectivity index (χ1) is 37.6. The first-order valence-electron chi connectivity index (χ1n) is 31.4. The molecule has 0 aliphatic rings. The van der Waals surface area contributed by atoms with Gasteiger partial charge in [0.25, 0.3) is 0 Å². The van der Waals surface area contributed by atoms with Crippen LogP contribution in [0.25, 0.3) is 0 Å². The monoisotopic (exact) mass is 1080 g/mol. The number of likely N-dealkylation sites (N-methyl/N-ethyl adjacent to an activating group) is 1. The molecule has 0 aliphatic carbocycles. The van der Waals surface area contributed by atoms with Crippen molar-refractivity contribution in [3.63, 3.8) is 0 Å². The maximum absolute atomic E-state index is 12.9. The first-order valence-corrected chi connectivity index (χ1v) is 31.4. The highest BCUT2D eigenvalue weighted by Crippen LogP contribution is 2.16. The second kappa shape index (κ2) is 58.4. The van der Waals surface area contributed by atoms with Gasteiger partial charge in [-0.05, 0) is 96.3 Å². The van der Waals surface area contributed by atoms with Crippen molar-refractivity contribution in [2.75, 3.05) is 47.5 Å². The number of rotatable bonds is 57. The number of hydrogen-bond acceptors (Lipinski definition) is 8. The molecule has 0 N–H and O–H groups in total. The molecule has 0 aliphatic heterocycles. The second-order valence-electron chi connectivity index (χ2n) is 22.0. The van der Waals surface area contributed by atoms with Crippen molar-refractivity contribution in [1.29, 1.82) is 0 Å². The number of carbonyl (C=O) groups is 3. The fraction of sp³-hybridized carbons (Fsp3) is 0.721. The Labute approximate surface area is 473 Å². The van der Waals surface area contributed by atoms with Gasteiger partial charge in [0, 0.05) is 12.8 Å². The molecular weight excluding hydrogens is 959 g/mol. The third-order valence-corrected chi connectivity index (χ3v) is 13.3. The van der Waals surface area contributed by atoms with Gasteiger partial charge in [-0.15, -0.1) is 0 Å². The number of hydrogen-bond donors (Lipinski definition) is 0. The zero-order valence-electron chi connectivity index (χ0n) is 50.3. The molecule has 0 aromatic carbocycles. The van der Waals surface area contributed by atoms with Crippen LogP contribution in [-0.2, 0) is 33.3 Å². The van der Waals surface area contributed by atoms with Gasteiger partial charge in [0.05, 0.1) is 40.3 Å². The van der Waals surface area contributed by atoms with E-state index in [1.807, 2.05) is 21.1 Å². The predicted octanol–water partition coefficient (Wildman–Crippen LogP) is 17.6. The standard InChI is InChI=1S/C68H117NO8/c1-6-8-10-12-14-16-18-20-22-24-26-28-30-32-33-35-36-38-40-42-44-46-48-50-52-54-56-58-65(70)75-62-64(63-76-68(67(72)73)74-61-60-69(3,4)5)77-66(71)59-57-55-53-51-49-47-45-43-41-39-37-34-31-29-27-25-23-21-19-17-15-13-11-9-7-2/h9,11,15,17-18,20-21,23-24,26-27,29-30,32,34,37,64,68H,6-8,10,12-14,16,19,22,25,28,31,33,35-36,38-63H2,1-5H3/b11-9-,17-15-,20-18-,23-21-,26-24-,29-27-,32-30-,37-34-. The highest BCUT2D eigenvalue weighted by molar-refractivity contribution is 5.70. The molecule has 77 heavy (non-hydrogen) atoms. The van der Waals surface area contributed by atoms with E-state index in [4.69, 9.17) is 18.9 Å². The Morgan fingerprint density at radius 1 is 0.403 bits per heavy atom. The molecule has 442 valence electrons. The van der Waals surface area contributed by atoms with Crippen LogP contribution in [0, 0.1) is 0 Å². The van der Waals surface area contributed by atoms with Crippen LogP contribution in [0.4, 0.5) is 0 Å². The summed E-state index contributed by atoms with van der Waals surface area (Å²) in [6, 6.07) is 0. The molecular formula is C68H117NO8. The summed E-state index contributed by atoms with van der Waals surface area (Å²) in [7, 11) is 5.92. The summed E-state index contributed by atoms with van der Waals surface area (Å²) in [5, 5.41) is 11.8. The molecule has 0 aromatic heterocycles. The molecule has 2 unspecified atom stereocenters. The van der Waals surface area contributed by atoms with Crippen LogP contribution in [0.2, 0.25) is 0 Å². The topological polar surface area (TPSA) is 111 Å². The minimum Gasteiger partial charge on any atom is -0.545 e. The maximum atomic E-state index is 12.9. The molecule has 0 spiro atoms. The van der Waals surface area contributed by atoms with E-state index in [1.54, 1.807) is 0 Å². The lowest BCUT2D eigenvalue weighted by molar-refractivity contribution is -0.870. The Hall–Kier alpha value is -3.79. The van der Waals surface area contributed by atoms with Crippen molar-refractivity contribution in [3.8, 4) is 0 Å². The van der Waals surface area contributed by atoms with Crippen molar-refractivity contribution < 1.29 is 42.9 Å². The molecule has 0 saturated heterocycles. The predicted molar refractivity (Wildman–Crippen MR) is 324 cm³/mol. The number of carbonyl (C=O) groups excluding carboxylic acids is 3. The van der Waals surface area contributed by atoms with Crippen molar-refractivity contribution in [2.45, 2.75) is 270 Å². The molecule has 0 heterocycles.